The zero-order valence-electron chi connectivity index (χ0n) is 17.1. The average molecular weight is 448 g/mol. The first kappa shape index (κ1) is 21.5. The van der Waals surface area contributed by atoms with Crippen molar-refractivity contribution in [3.63, 3.8) is 0 Å². The average Bonchev–Trinajstić information content (AvgIpc) is 3.51. The van der Waals surface area contributed by atoms with Crippen LogP contribution in [-0.4, -0.2) is 22.6 Å². The van der Waals surface area contributed by atoms with Gasteiger partial charge in [0.15, 0.2) is 0 Å². The van der Waals surface area contributed by atoms with Crippen LogP contribution in [-0.2, 0) is 17.1 Å². The predicted octanol–water partition coefficient (Wildman–Crippen LogP) is 4.74. The molecule has 0 aliphatic heterocycles. The van der Waals surface area contributed by atoms with Gasteiger partial charge in [0, 0.05) is 11.3 Å². The molecule has 32 heavy (non-hydrogen) atoms. The molecule has 4 aromatic rings. The van der Waals surface area contributed by atoms with Crippen LogP contribution in [0.15, 0.2) is 88.1 Å². The van der Waals surface area contributed by atoms with Crippen molar-refractivity contribution < 1.29 is 18.4 Å². The Morgan fingerprint density at radius 1 is 0.938 bits per heavy atom. The van der Waals surface area contributed by atoms with Crippen LogP contribution in [0.3, 0.4) is 0 Å². The number of thioether (sulfide) groups is 1. The molecule has 2 heterocycles. The Balaban J connectivity index is 1.28. The summed E-state index contributed by atoms with van der Waals surface area (Å²) in [5.41, 5.74) is 2.52. The molecule has 2 aromatic heterocycles. The molecule has 0 aliphatic rings. The summed E-state index contributed by atoms with van der Waals surface area (Å²) in [5.74, 6) is 1.47. The number of hydrogen-bond donors (Lipinski definition) is 2. The molecule has 0 saturated carbocycles. The van der Waals surface area contributed by atoms with Gasteiger partial charge in [0.05, 0.1) is 35.5 Å². The molecule has 0 unspecified atom stereocenters. The number of rotatable bonds is 9. The number of aromatic nitrogens is 1. The van der Waals surface area contributed by atoms with Gasteiger partial charge in [0.1, 0.15) is 12.0 Å². The van der Waals surface area contributed by atoms with E-state index in [2.05, 4.69) is 15.6 Å². The van der Waals surface area contributed by atoms with Gasteiger partial charge in [-0.25, -0.2) is 4.98 Å². The first-order chi connectivity index (χ1) is 15.7. The molecular formula is C24H21N3O4S. The minimum Gasteiger partial charge on any atom is -0.467 e. The van der Waals surface area contributed by atoms with Crippen LogP contribution >= 0.6 is 11.8 Å². The van der Waals surface area contributed by atoms with E-state index in [1.807, 2.05) is 30.3 Å². The van der Waals surface area contributed by atoms with Crippen molar-refractivity contribution in [3.8, 4) is 11.5 Å². The molecule has 0 fully saturated rings. The summed E-state index contributed by atoms with van der Waals surface area (Å²) in [7, 11) is 0. The number of carbonyl (C=O) groups excluding carboxylic acids is 2. The fourth-order valence-electron chi connectivity index (χ4n) is 2.99. The highest BCUT2D eigenvalue weighted by atomic mass is 32.2. The van der Waals surface area contributed by atoms with Crippen molar-refractivity contribution in [2.75, 3.05) is 11.1 Å². The third-order valence-corrected chi connectivity index (χ3v) is 5.47. The molecule has 0 radical (unpaired) electrons. The molecule has 7 nitrogen and oxygen atoms in total. The van der Waals surface area contributed by atoms with E-state index in [1.54, 1.807) is 48.9 Å². The number of para-hydroxylation sites is 1. The highest BCUT2D eigenvalue weighted by Crippen LogP contribution is 2.21. The maximum atomic E-state index is 12.5. The van der Waals surface area contributed by atoms with Gasteiger partial charge in [0.25, 0.3) is 5.91 Å². The summed E-state index contributed by atoms with van der Waals surface area (Å²) in [6.07, 6.45) is 3.15. The van der Waals surface area contributed by atoms with E-state index >= 15 is 0 Å². The van der Waals surface area contributed by atoms with E-state index in [1.165, 1.54) is 11.8 Å². The van der Waals surface area contributed by atoms with Gasteiger partial charge in [-0.2, -0.15) is 0 Å². The van der Waals surface area contributed by atoms with Gasteiger partial charge in [-0.05, 0) is 36.4 Å². The van der Waals surface area contributed by atoms with Crippen molar-refractivity contribution in [3.05, 3.63) is 96.3 Å². The molecular weight excluding hydrogens is 426 g/mol. The molecule has 0 spiro atoms. The summed E-state index contributed by atoms with van der Waals surface area (Å²) in [6, 6.07) is 20.1. The third kappa shape index (κ3) is 5.67. The lowest BCUT2D eigenvalue weighted by Crippen LogP contribution is -2.25. The van der Waals surface area contributed by atoms with E-state index in [0.717, 1.165) is 11.3 Å². The topological polar surface area (TPSA) is 97.4 Å². The lowest BCUT2D eigenvalue weighted by molar-refractivity contribution is -0.113. The first-order valence-corrected chi connectivity index (χ1v) is 11.1. The maximum absolute atomic E-state index is 12.5. The Bertz CT molecular complexity index is 1170. The molecule has 0 aliphatic carbocycles. The van der Waals surface area contributed by atoms with Gasteiger partial charge >= 0.3 is 0 Å². The van der Waals surface area contributed by atoms with Gasteiger partial charge in [-0.1, -0.05) is 30.3 Å². The van der Waals surface area contributed by atoms with Crippen LogP contribution < -0.4 is 10.6 Å². The number of anilines is 1. The number of nitrogens with zero attached hydrogens (tertiary/aromatic N) is 1. The molecule has 162 valence electrons. The van der Waals surface area contributed by atoms with Crippen molar-refractivity contribution in [1.82, 2.24) is 10.3 Å². The van der Waals surface area contributed by atoms with Gasteiger partial charge in [-0.3, -0.25) is 9.59 Å². The summed E-state index contributed by atoms with van der Waals surface area (Å²) in [5, 5.41) is 5.60. The van der Waals surface area contributed by atoms with Crippen molar-refractivity contribution >= 4 is 29.3 Å². The Morgan fingerprint density at radius 2 is 1.75 bits per heavy atom. The monoisotopic (exact) mass is 447 g/mol. The van der Waals surface area contributed by atoms with E-state index < -0.39 is 0 Å². The fourth-order valence-corrected chi connectivity index (χ4v) is 3.69. The zero-order chi connectivity index (χ0) is 22.2. The number of oxazole rings is 1. The maximum Gasteiger partial charge on any atom is 0.253 e. The Labute approximate surface area is 189 Å². The Morgan fingerprint density at radius 3 is 2.56 bits per heavy atom. The van der Waals surface area contributed by atoms with E-state index in [4.69, 9.17) is 8.83 Å². The van der Waals surface area contributed by atoms with Crippen molar-refractivity contribution in [2.45, 2.75) is 12.3 Å². The Hall–Kier alpha value is -3.78. The smallest absolute Gasteiger partial charge is 0.253 e. The highest BCUT2D eigenvalue weighted by Gasteiger charge is 2.14. The standard InChI is InChI=1S/C24H21N3O4S/c28-22(16-32-15-18-14-31-24(26-18)17-7-2-1-3-8-17)27-21-11-5-4-10-20(21)23(29)25-13-19-9-6-12-30-19/h1-12,14H,13,15-16H2,(H,25,29)(H,27,28). The quantitative estimate of drug-likeness (QED) is 0.385. The molecule has 4 rings (SSSR count). The van der Waals surface area contributed by atoms with Crippen LogP contribution in [0, 0.1) is 0 Å². The molecule has 0 atom stereocenters. The van der Waals surface area contributed by atoms with Gasteiger partial charge < -0.3 is 19.5 Å². The molecule has 8 heteroatoms. The fraction of sp³-hybridized carbons (Fsp3) is 0.125. The van der Waals surface area contributed by atoms with Gasteiger partial charge in [0.2, 0.25) is 11.8 Å². The summed E-state index contributed by atoms with van der Waals surface area (Å²) < 4.78 is 10.7. The number of furan rings is 1. The van der Waals surface area contributed by atoms with Crippen LogP contribution in [0.2, 0.25) is 0 Å². The molecule has 2 amide bonds. The largest absolute Gasteiger partial charge is 0.467 e. The lowest BCUT2D eigenvalue weighted by atomic mass is 10.1. The van der Waals surface area contributed by atoms with E-state index in [0.29, 0.717) is 28.7 Å². The van der Waals surface area contributed by atoms with E-state index in [-0.39, 0.29) is 24.1 Å². The second kappa shape index (κ2) is 10.5. The van der Waals surface area contributed by atoms with Crippen molar-refractivity contribution in [1.29, 1.82) is 0 Å². The molecule has 0 saturated heterocycles. The minimum absolute atomic E-state index is 0.201. The molecule has 2 N–H and O–H groups in total. The number of amides is 2. The Kier molecular flexibility index (Phi) is 7.04. The minimum atomic E-state index is -0.291. The zero-order valence-corrected chi connectivity index (χ0v) is 17.9. The lowest BCUT2D eigenvalue weighted by Gasteiger charge is -2.11. The van der Waals surface area contributed by atoms with Crippen LogP contribution in [0.4, 0.5) is 5.69 Å². The van der Waals surface area contributed by atoms with Crippen LogP contribution in [0.25, 0.3) is 11.5 Å². The predicted molar refractivity (Wildman–Crippen MR) is 123 cm³/mol. The van der Waals surface area contributed by atoms with Crippen molar-refractivity contribution in [2.24, 2.45) is 0 Å². The second-order valence-corrected chi connectivity index (χ2v) is 7.84. The summed E-state index contributed by atoms with van der Waals surface area (Å²) in [4.78, 5) is 29.4. The number of carbonyl (C=O) groups is 2. The second-order valence-electron chi connectivity index (χ2n) is 6.86. The SMILES string of the molecule is O=C(CSCc1coc(-c2ccccc2)n1)Nc1ccccc1C(=O)NCc1ccco1. The third-order valence-electron chi connectivity index (χ3n) is 4.50. The first-order valence-electron chi connectivity index (χ1n) is 9.96. The summed E-state index contributed by atoms with van der Waals surface area (Å²) in [6.45, 7) is 0.270. The summed E-state index contributed by atoms with van der Waals surface area (Å²) >= 11 is 1.42. The van der Waals surface area contributed by atoms with Crippen LogP contribution in [0.5, 0.6) is 0 Å². The van der Waals surface area contributed by atoms with Crippen LogP contribution in [0.1, 0.15) is 21.8 Å². The number of benzene rings is 2. The van der Waals surface area contributed by atoms with Gasteiger partial charge in [-0.15, -0.1) is 11.8 Å². The number of nitrogens with one attached hydrogen (secondary N) is 2. The number of hydrogen-bond acceptors (Lipinski definition) is 6. The molecule has 2 aromatic carbocycles. The highest BCUT2D eigenvalue weighted by molar-refractivity contribution is 7.99. The van der Waals surface area contributed by atoms with E-state index in [9.17, 15) is 9.59 Å². The molecule has 0 bridgehead atoms. The normalized spacial score (nSPS) is 10.6.